The Hall–Kier alpha value is -2.57. The van der Waals surface area contributed by atoms with Crippen molar-refractivity contribution in [3.63, 3.8) is 0 Å². The summed E-state index contributed by atoms with van der Waals surface area (Å²) < 4.78 is 15.0. The van der Waals surface area contributed by atoms with E-state index in [1.807, 2.05) is 0 Å². The number of methoxy groups -OCH3 is 1. The number of ether oxygens (including phenoxy) is 3. The van der Waals surface area contributed by atoms with E-state index >= 15 is 0 Å². The van der Waals surface area contributed by atoms with Crippen molar-refractivity contribution in [1.29, 1.82) is 0 Å². The average Bonchev–Trinajstić information content (AvgIpc) is 2.44. The van der Waals surface area contributed by atoms with Crippen LogP contribution in [-0.2, 0) is 25.6 Å². The third kappa shape index (κ3) is 6.82. The molecule has 8 heteroatoms. The maximum atomic E-state index is 11.6. The van der Waals surface area contributed by atoms with E-state index in [-0.39, 0.29) is 24.5 Å². The Balaban J connectivity index is 2.76. The number of hydrogen-bond donors (Lipinski definition) is 0. The topological polar surface area (TPSA) is 111 Å². The van der Waals surface area contributed by atoms with Crippen molar-refractivity contribution < 1.29 is 23.8 Å². The first kappa shape index (κ1) is 18.5. The van der Waals surface area contributed by atoms with Crippen LogP contribution in [0, 0.1) is 0 Å². The van der Waals surface area contributed by atoms with Crippen LogP contribution in [0.3, 0.4) is 0 Å². The van der Waals surface area contributed by atoms with Crippen LogP contribution < -0.4 is 0 Å². The fourth-order valence-corrected chi connectivity index (χ4v) is 1.73. The highest BCUT2D eigenvalue weighted by molar-refractivity contribution is 5.90. The lowest BCUT2D eigenvalue weighted by Crippen LogP contribution is -2.26. The number of nitrogens with zero attached hydrogens (tertiary/aromatic N) is 3. The van der Waals surface area contributed by atoms with Gasteiger partial charge in [-0.25, -0.2) is 9.59 Å². The van der Waals surface area contributed by atoms with Gasteiger partial charge in [-0.15, -0.1) is 0 Å². The fraction of sp³-hybridized carbons (Fsp3) is 0.467. The van der Waals surface area contributed by atoms with Gasteiger partial charge in [-0.05, 0) is 50.1 Å². The molecule has 0 aliphatic heterocycles. The summed E-state index contributed by atoms with van der Waals surface area (Å²) in [6, 6.07) is 4.50. The van der Waals surface area contributed by atoms with Crippen molar-refractivity contribution >= 4 is 17.6 Å². The molecule has 0 unspecified atom stereocenters. The Morgan fingerprint density at radius 3 is 2.52 bits per heavy atom. The maximum Gasteiger partial charge on any atom is 0.337 e. The molecule has 23 heavy (non-hydrogen) atoms. The van der Waals surface area contributed by atoms with E-state index in [2.05, 4.69) is 14.8 Å². The second kappa shape index (κ2) is 8.17. The monoisotopic (exact) mass is 321 g/mol. The minimum atomic E-state index is -0.583. The van der Waals surface area contributed by atoms with E-state index in [4.69, 9.17) is 15.0 Å². The molecular formula is C15H19N3O5. The van der Waals surface area contributed by atoms with Crippen molar-refractivity contribution in [1.82, 2.24) is 0 Å². The highest BCUT2D eigenvalue weighted by atomic mass is 16.6. The molecule has 0 amide bonds. The van der Waals surface area contributed by atoms with Gasteiger partial charge in [0, 0.05) is 10.6 Å². The van der Waals surface area contributed by atoms with Gasteiger partial charge in [0.1, 0.15) is 12.2 Å². The summed E-state index contributed by atoms with van der Waals surface area (Å²) in [7, 11) is 1.25. The Bertz CT molecular complexity index is 630. The number of benzene rings is 1. The molecule has 0 aliphatic rings. The van der Waals surface area contributed by atoms with Gasteiger partial charge in [0.05, 0.1) is 19.3 Å². The minimum Gasteiger partial charge on any atom is -0.465 e. The summed E-state index contributed by atoms with van der Waals surface area (Å²) in [5.74, 6) is -1.05. The molecule has 1 rings (SSSR count). The summed E-state index contributed by atoms with van der Waals surface area (Å²) in [4.78, 5) is 25.8. The van der Waals surface area contributed by atoms with E-state index < -0.39 is 17.5 Å². The van der Waals surface area contributed by atoms with Crippen molar-refractivity contribution in [2.45, 2.75) is 33.0 Å². The smallest absolute Gasteiger partial charge is 0.337 e. The molecule has 0 saturated carbocycles. The second-order valence-electron chi connectivity index (χ2n) is 5.65. The zero-order valence-electron chi connectivity index (χ0n) is 13.5. The van der Waals surface area contributed by atoms with Gasteiger partial charge in [0.15, 0.2) is 0 Å². The third-order valence-electron chi connectivity index (χ3n) is 2.47. The van der Waals surface area contributed by atoms with Gasteiger partial charge in [-0.3, -0.25) is 0 Å². The minimum absolute atomic E-state index is 0.0536. The van der Waals surface area contributed by atoms with Gasteiger partial charge in [0.25, 0.3) is 0 Å². The van der Waals surface area contributed by atoms with Crippen LogP contribution in [-0.4, -0.2) is 31.3 Å². The Morgan fingerprint density at radius 1 is 1.26 bits per heavy atom. The molecule has 0 saturated heterocycles. The van der Waals surface area contributed by atoms with Crippen LogP contribution in [0.4, 0.5) is 5.69 Å². The first-order valence-corrected chi connectivity index (χ1v) is 6.82. The highest BCUT2D eigenvalue weighted by Crippen LogP contribution is 2.20. The molecule has 0 bridgehead atoms. The number of azide groups is 1. The van der Waals surface area contributed by atoms with E-state index in [0.717, 1.165) is 0 Å². The van der Waals surface area contributed by atoms with Gasteiger partial charge in [0.2, 0.25) is 0 Å². The SMILES string of the molecule is COC(=O)c1cc(COCC(=O)OC(C)(C)C)cc(N=[N+]=[N-])c1. The van der Waals surface area contributed by atoms with Gasteiger partial charge >= 0.3 is 11.9 Å². The molecule has 0 fully saturated rings. The number of esters is 2. The number of hydrogen-bond acceptors (Lipinski definition) is 6. The highest BCUT2D eigenvalue weighted by Gasteiger charge is 2.16. The van der Waals surface area contributed by atoms with Crippen LogP contribution >= 0.6 is 0 Å². The van der Waals surface area contributed by atoms with Gasteiger partial charge in [-0.1, -0.05) is 5.11 Å². The predicted octanol–water partition coefficient (Wildman–Crippen LogP) is 3.27. The molecule has 8 nitrogen and oxygen atoms in total. The molecule has 0 aliphatic carbocycles. The second-order valence-corrected chi connectivity index (χ2v) is 5.65. The van der Waals surface area contributed by atoms with E-state index in [9.17, 15) is 9.59 Å². The largest absolute Gasteiger partial charge is 0.465 e. The first-order valence-electron chi connectivity index (χ1n) is 6.82. The van der Waals surface area contributed by atoms with Crippen molar-refractivity contribution in [3.05, 3.63) is 39.8 Å². The van der Waals surface area contributed by atoms with Crippen molar-refractivity contribution in [2.24, 2.45) is 5.11 Å². The van der Waals surface area contributed by atoms with E-state index in [1.54, 1.807) is 26.8 Å². The van der Waals surface area contributed by atoms with Crippen molar-refractivity contribution in [3.8, 4) is 0 Å². The molecule has 1 aromatic carbocycles. The average molecular weight is 321 g/mol. The van der Waals surface area contributed by atoms with Crippen LogP contribution in [0.5, 0.6) is 0 Å². The standard InChI is InChI=1S/C15H19N3O5/c1-15(2,3)23-13(19)9-22-8-10-5-11(14(20)21-4)7-12(6-10)17-18-16/h5-7H,8-9H2,1-4H3. The van der Waals surface area contributed by atoms with Gasteiger partial charge < -0.3 is 14.2 Å². The molecule has 0 spiro atoms. The first-order chi connectivity index (χ1) is 10.7. The quantitative estimate of drug-likeness (QED) is 0.345. The van der Waals surface area contributed by atoms with Crippen molar-refractivity contribution in [2.75, 3.05) is 13.7 Å². The third-order valence-corrected chi connectivity index (χ3v) is 2.47. The fourth-order valence-electron chi connectivity index (χ4n) is 1.73. The van der Waals surface area contributed by atoms with E-state index in [0.29, 0.717) is 5.56 Å². The maximum absolute atomic E-state index is 11.6. The zero-order chi connectivity index (χ0) is 17.5. The Labute approximate surface area is 134 Å². The molecule has 0 aromatic heterocycles. The van der Waals surface area contributed by atoms with Crippen LogP contribution in [0.1, 0.15) is 36.7 Å². The normalized spacial score (nSPS) is 10.6. The molecule has 0 atom stereocenters. The number of rotatable bonds is 6. The molecule has 0 radical (unpaired) electrons. The number of carbonyl (C=O) groups is 2. The lowest BCUT2D eigenvalue weighted by atomic mass is 10.1. The Morgan fingerprint density at radius 2 is 1.96 bits per heavy atom. The summed E-state index contributed by atoms with van der Waals surface area (Å²) in [6.45, 7) is 5.11. The van der Waals surface area contributed by atoms with E-state index in [1.165, 1.54) is 19.2 Å². The van der Waals surface area contributed by atoms with Crippen LogP contribution in [0.15, 0.2) is 23.3 Å². The molecule has 1 aromatic rings. The lowest BCUT2D eigenvalue weighted by molar-refractivity contribution is -0.160. The van der Waals surface area contributed by atoms with Crippen LogP contribution in [0.2, 0.25) is 0 Å². The molecule has 0 N–H and O–H groups in total. The molecular weight excluding hydrogens is 302 g/mol. The summed E-state index contributed by atoms with van der Waals surface area (Å²) in [6.07, 6.45) is 0. The molecule has 0 heterocycles. The summed E-state index contributed by atoms with van der Waals surface area (Å²) in [5.41, 5.74) is 8.97. The predicted molar refractivity (Wildman–Crippen MR) is 82.1 cm³/mol. The summed E-state index contributed by atoms with van der Waals surface area (Å²) >= 11 is 0. The Kier molecular flexibility index (Phi) is 6.56. The van der Waals surface area contributed by atoms with Crippen LogP contribution in [0.25, 0.3) is 10.4 Å². The number of carbonyl (C=O) groups excluding carboxylic acids is 2. The lowest BCUT2D eigenvalue weighted by Gasteiger charge is -2.19. The zero-order valence-corrected chi connectivity index (χ0v) is 13.5. The molecule has 124 valence electrons. The summed E-state index contributed by atoms with van der Waals surface area (Å²) in [5, 5.41) is 3.46. The van der Waals surface area contributed by atoms with Gasteiger partial charge in [-0.2, -0.15) is 0 Å².